The summed E-state index contributed by atoms with van der Waals surface area (Å²) in [7, 11) is 0. The van der Waals surface area contributed by atoms with E-state index in [2.05, 4.69) is 18.0 Å². The van der Waals surface area contributed by atoms with Gasteiger partial charge in [-0.15, -0.1) is 0 Å². The highest BCUT2D eigenvalue weighted by molar-refractivity contribution is 5.79. The number of aromatic nitrogens is 2. The summed E-state index contributed by atoms with van der Waals surface area (Å²) in [6.45, 7) is 13.8. The van der Waals surface area contributed by atoms with Crippen LogP contribution in [0.25, 0.3) is 16.6 Å². The minimum atomic E-state index is -0.335. The van der Waals surface area contributed by atoms with Crippen molar-refractivity contribution in [3.8, 4) is 5.69 Å². The fourth-order valence-corrected chi connectivity index (χ4v) is 3.18. The molecule has 0 aliphatic rings. The van der Waals surface area contributed by atoms with Gasteiger partial charge < -0.3 is 0 Å². The van der Waals surface area contributed by atoms with Gasteiger partial charge in [-0.05, 0) is 62.1 Å². The Kier molecular flexibility index (Phi) is 6.53. The number of halogens is 1. The van der Waals surface area contributed by atoms with Gasteiger partial charge in [-0.2, -0.15) is 0 Å². The van der Waals surface area contributed by atoms with E-state index in [1.54, 1.807) is 17.6 Å². The van der Waals surface area contributed by atoms with E-state index in [9.17, 15) is 9.18 Å². The van der Waals surface area contributed by atoms with E-state index in [1.165, 1.54) is 6.07 Å². The van der Waals surface area contributed by atoms with E-state index >= 15 is 0 Å². The second-order valence-electron chi connectivity index (χ2n) is 6.88. The average Bonchev–Trinajstić information content (AvgIpc) is 2.63. The number of fused-ring (bicyclic) bond motifs is 1. The molecule has 0 saturated carbocycles. The van der Waals surface area contributed by atoms with Crippen molar-refractivity contribution in [2.45, 2.75) is 60.8 Å². The fourth-order valence-electron chi connectivity index (χ4n) is 3.18. The van der Waals surface area contributed by atoms with Crippen molar-refractivity contribution in [1.82, 2.24) is 9.55 Å². The highest BCUT2D eigenvalue weighted by Crippen LogP contribution is 2.24. The maximum atomic E-state index is 14.0. The Bertz CT molecular complexity index is 1000. The molecule has 0 spiro atoms. The number of benzene rings is 2. The molecule has 0 saturated heterocycles. The minimum Gasteiger partial charge on any atom is -0.268 e. The van der Waals surface area contributed by atoms with Crippen LogP contribution >= 0.6 is 0 Å². The number of rotatable bonds is 3. The monoisotopic (exact) mass is 368 g/mol. The molecule has 3 nitrogen and oxygen atoms in total. The fraction of sp³-hybridized carbons (Fsp3) is 0.391. The third kappa shape index (κ3) is 4.10. The van der Waals surface area contributed by atoms with E-state index in [0.29, 0.717) is 22.3 Å². The first-order valence-electron chi connectivity index (χ1n) is 9.63. The summed E-state index contributed by atoms with van der Waals surface area (Å²) in [6.07, 6.45) is 0.844. The van der Waals surface area contributed by atoms with E-state index in [4.69, 9.17) is 0 Å². The van der Waals surface area contributed by atoms with Crippen molar-refractivity contribution in [2.75, 3.05) is 0 Å². The molecule has 1 aromatic heterocycles. The Morgan fingerprint density at radius 2 is 1.63 bits per heavy atom. The molecule has 0 aliphatic heterocycles. The molecule has 0 amide bonds. The molecule has 0 bridgehead atoms. The van der Waals surface area contributed by atoms with Gasteiger partial charge in [0, 0.05) is 12.0 Å². The van der Waals surface area contributed by atoms with Crippen molar-refractivity contribution >= 4 is 10.9 Å². The second kappa shape index (κ2) is 8.47. The lowest BCUT2D eigenvalue weighted by Gasteiger charge is -2.18. The first-order valence-corrected chi connectivity index (χ1v) is 9.63. The standard InChI is InChI=1S/C21H23FN2O.C2H6/c1-6-14(4)20-23-19-11-18(22)15(5)10-17(19)21(25)24(20)16-8-12(2)7-13(3)9-16;1-2/h7-11,14H,6H2,1-5H3;1-2H3. The number of hydrogen-bond donors (Lipinski definition) is 0. The van der Waals surface area contributed by atoms with Crippen LogP contribution in [-0.2, 0) is 0 Å². The maximum absolute atomic E-state index is 14.0. The van der Waals surface area contributed by atoms with Gasteiger partial charge in [0.25, 0.3) is 5.56 Å². The predicted octanol–water partition coefficient (Wildman–Crippen LogP) is 5.99. The van der Waals surface area contributed by atoms with E-state index < -0.39 is 0 Å². The highest BCUT2D eigenvalue weighted by Gasteiger charge is 2.18. The van der Waals surface area contributed by atoms with Gasteiger partial charge in [-0.1, -0.05) is 33.8 Å². The Balaban J connectivity index is 0.00000126. The predicted molar refractivity (Wildman–Crippen MR) is 112 cm³/mol. The van der Waals surface area contributed by atoms with Gasteiger partial charge in [0.15, 0.2) is 0 Å². The van der Waals surface area contributed by atoms with E-state index in [0.717, 1.165) is 23.2 Å². The molecule has 0 radical (unpaired) electrons. The van der Waals surface area contributed by atoms with Crippen LogP contribution in [0.5, 0.6) is 0 Å². The molecule has 3 aromatic rings. The molecule has 0 fully saturated rings. The van der Waals surface area contributed by atoms with Crippen LogP contribution in [0.1, 0.15) is 62.5 Å². The smallest absolute Gasteiger partial charge is 0.265 e. The zero-order chi connectivity index (χ0) is 20.3. The maximum Gasteiger partial charge on any atom is 0.265 e. The SMILES string of the molecule is CC.CCC(C)c1nc2cc(F)c(C)cc2c(=O)n1-c1cc(C)cc(C)c1. The van der Waals surface area contributed by atoms with Crippen LogP contribution in [0, 0.1) is 26.6 Å². The van der Waals surface area contributed by atoms with Crippen molar-refractivity contribution in [2.24, 2.45) is 0 Å². The van der Waals surface area contributed by atoms with Gasteiger partial charge in [-0.25, -0.2) is 9.37 Å². The van der Waals surface area contributed by atoms with E-state index in [1.807, 2.05) is 46.8 Å². The zero-order valence-electron chi connectivity index (χ0n) is 17.4. The molecule has 2 aromatic carbocycles. The molecule has 1 heterocycles. The van der Waals surface area contributed by atoms with Gasteiger partial charge >= 0.3 is 0 Å². The molecule has 1 atom stereocenters. The third-order valence-corrected chi connectivity index (χ3v) is 4.69. The molecular weight excluding hydrogens is 339 g/mol. The van der Waals surface area contributed by atoms with Crippen LogP contribution in [-0.4, -0.2) is 9.55 Å². The zero-order valence-corrected chi connectivity index (χ0v) is 17.4. The normalized spacial score (nSPS) is 11.9. The number of nitrogens with zero attached hydrogens (tertiary/aromatic N) is 2. The first-order chi connectivity index (χ1) is 12.8. The first kappa shape index (κ1) is 20.8. The van der Waals surface area contributed by atoms with Crippen molar-refractivity contribution < 1.29 is 4.39 Å². The lowest BCUT2D eigenvalue weighted by Crippen LogP contribution is -2.25. The van der Waals surface area contributed by atoms with Gasteiger partial charge in [-0.3, -0.25) is 9.36 Å². The number of aryl methyl sites for hydroxylation is 3. The Labute approximate surface area is 160 Å². The number of hydrogen-bond acceptors (Lipinski definition) is 2. The summed E-state index contributed by atoms with van der Waals surface area (Å²) in [5, 5.41) is 0.449. The molecule has 144 valence electrons. The quantitative estimate of drug-likeness (QED) is 0.569. The van der Waals surface area contributed by atoms with Crippen molar-refractivity contribution in [3.63, 3.8) is 0 Å². The summed E-state index contributed by atoms with van der Waals surface area (Å²) >= 11 is 0. The van der Waals surface area contributed by atoms with Crippen LogP contribution in [0.3, 0.4) is 0 Å². The topological polar surface area (TPSA) is 34.9 Å². The van der Waals surface area contributed by atoms with Gasteiger partial charge in [0.2, 0.25) is 0 Å². The van der Waals surface area contributed by atoms with Crippen LogP contribution < -0.4 is 5.56 Å². The van der Waals surface area contributed by atoms with Crippen LogP contribution in [0.15, 0.2) is 35.1 Å². The highest BCUT2D eigenvalue weighted by atomic mass is 19.1. The van der Waals surface area contributed by atoms with Gasteiger partial charge in [0.1, 0.15) is 11.6 Å². The van der Waals surface area contributed by atoms with Gasteiger partial charge in [0.05, 0.1) is 16.6 Å². The summed E-state index contributed by atoms with van der Waals surface area (Å²) in [4.78, 5) is 17.9. The minimum absolute atomic E-state index is 0.0854. The van der Waals surface area contributed by atoms with Crippen LogP contribution in [0.2, 0.25) is 0 Å². The Hall–Kier alpha value is -2.49. The van der Waals surface area contributed by atoms with Crippen molar-refractivity contribution in [3.05, 3.63) is 69.0 Å². The molecular formula is C23H29FN2O. The van der Waals surface area contributed by atoms with E-state index in [-0.39, 0.29) is 17.3 Å². The lowest BCUT2D eigenvalue weighted by atomic mass is 10.1. The second-order valence-corrected chi connectivity index (χ2v) is 6.88. The molecule has 27 heavy (non-hydrogen) atoms. The largest absolute Gasteiger partial charge is 0.268 e. The summed E-state index contributed by atoms with van der Waals surface area (Å²) in [5.74, 6) is 0.425. The molecule has 1 unspecified atom stereocenters. The van der Waals surface area contributed by atoms with Crippen LogP contribution in [0.4, 0.5) is 4.39 Å². The summed E-state index contributed by atoms with van der Waals surface area (Å²) in [5.41, 5.74) is 3.72. The third-order valence-electron chi connectivity index (χ3n) is 4.69. The lowest BCUT2D eigenvalue weighted by molar-refractivity contribution is 0.618. The molecule has 0 N–H and O–H groups in total. The average molecular weight is 368 g/mol. The molecule has 3 rings (SSSR count). The van der Waals surface area contributed by atoms with Crippen molar-refractivity contribution in [1.29, 1.82) is 0 Å². The summed E-state index contributed by atoms with van der Waals surface area (Å²) < 4.78 is 15.7. The summed E-state index contributed by atoms with van der Waals surface area (Å²) in [6, 6.07) is 9.02. The molecule has 4 heteroatoms. The Morgan fingerprint density at radius 1 is 1.04 bits per heavy atom. The Morgan fingerprint density at radius 3 is 2.19 bits per heavy atom. The molecule has 0 aliphatic carbocycles.